The summed E-state index contributed by atoms with van der Waals surface area (Å²) < 4.78 is 5.37. The average molecular weight is 355 g/mol. The van der Waals surface area contributed by atoms with Crippen LogP contribution in [0, 0.1) is 0 Å². The molecule has 0 bridgehead atoms. The smallest absolute Gasteiger partial charge is 0.180 e. The van der Waals surface area contributed by atoms with Crippen LogP contribution in [0.1, 0.15) is 0 Å². The topological polar surface area (TPSA) is 72.8 Å². The second-order valence-electron chi connectivity index (χ2n) is 5.75. The molecule has 6 nitrogen and oxygen atoms in total. The molecule has 3 aromatic heterocycles. The maximum Gasteiger partial charge on any atom is 0.180 e. The zero-order valence-electron chi connectivity index (χ0n) is 14.7. The van der Waals surface area contributed by atoms with Gasteiger partial charge < -0.3 is 10.1 Å². The lowest BCUT2D eigenvalue weighted by atomic mass is 10.1. The number of benzene rings is 1. The summed E-state index contributed by atoms with van der Waals surface area (Å²) in [4.78, 5) is 17.6. The molecule has 1 aromatic carbocycles. The number of hydrogen-bond acceptors (Lipinski definition) is 6. The predicted molar refractivity (Wildman–Crippen MR) is 105 cm³/mol. The van der Waals surface area contributed by atoms with Crippen molar-refractivity contribution in [1.82, 2.24) is 19.9 Å². The average Bonchev–Trinajstić information content (AvgIpc) is 2.75. The van der Waals surface area contributed by atoms with Gasteiger partial charge in [-0.2, -0.15) is 0 Å². The Morgan fingerprint density at radius 2 is 1.63 bits per heavy atom. The lowest BCUT2D eigenvalue weighted by molar-refractivity contribution is 0.413. The number of nitrogens with one attached hydrogen (secondary N) is 1. The molecule has 0 radical (unpaired) electrons. The minimum Gasteiger partial charge on any atom is -0.491 e. The Bertz CT molecular complexity index is 1020. The molecule has 0 saturated carbocycles. The summed E-state index contributed by atoms with van der Waals surface area (Å²) in [7, 11) is 1.58. The van der Waals surface area contributed by atoms with Gasteiger partial charge in [-0.1, -0.05) is 36.4 Å². The van der Waals surface area contributed by atoms with Crippen LogP contribution in [0.5, 0.6) is 5.75 Å². The van der Waals surface area contributed by atoms with Gasteiger partial charge in [0.2, 0.25) is 0 Å². The first kappa shape index (κ1) is 16.7. The molecule has 0 fully saturated rings. The Balaban J connectivity index is 1.62. The van der Waals surface area contributed by atoms with Gasteiger partial charge in [-0.3, -0.25) is 4.98 Å². The minimum absolute atomic E-state index is 0.514. The summed E-state index contributed by atoms with van der Waals surface area (Å²) in [5.41, 5.74) is 2.86. The number of rotatable bonds is 5. The maximum absolute atomic E-state index is 5.37. The van der Waals surface area contributed by atoms with Gasteiger partial charge >= 0.3 is 0 Å². The van der Waals surface area contributed by atoms with Crippen LogP contribution in [-0.2, 0) is 0 Å². The van der Waals surface area contributed by atoms with Crippen molar-refractivity contribution >= 4 is 11.6 Å². The number of methoxy groups -OCH3 is 1. The highest BCUT2D eigenvalue weighted by Gasteiger charge is 2.11. The molecule has 0 spiro atoms. The third kappa shape index (κ3) is 3.74. The fourth-order valence-electron chi connectivity index (χ4n) is 2.62. The highest BCUT2D eigenvalue weighted by molar-refractivity contribution is 5.66. The number of aromatic nitrogens is 4. The van der Waals surface area contributed by atoms with Gasteiger partial charge in [0, 0.05) is 18.0 Å². The van der Waals surface area contributed by atoms with Crippen molar-refractivity contribution in [3.63, 3.8) is 0 Å². The van der Waals surface area contributed by atoms with Crippen molar-refractivity contribution in [1.29, 1.82) is 0 Å². The second-order valence-corrected chi connectivity index (χ2v) is 5.75. The Labute approximate surface area is 157 Å². The Morgan fingerprint density at radius 1 is 0.778 bits per heavy atom. The van der Waals surface area contributed by atoms with E-state index in [1.807, 2.05) is 54.7 Å². The van der Waals surface area contributed by atoms with Crippen LogP contribution in [0.25, 0.3) is 22.6 Å². The van der Waals surface area contributed by atoms with Crippen molar-refractivity contribution < 1.29 is 4.74 Å². The van der Waals surface area contributed by atoms with Gasteiger partial charge in [0.1, 0.15) is 11.5 Å². The Hall–Kier alpha value is -3.80. The van der Waals surface area contributed by atoms with Crippen molar-refractivity contribution in [2.75, 3.05) is 12.4 Å². The first-order chi connectivity index (χ1) is 13.3. The first-order valence-corrected chi connectivity index (χ1v) is 8.44. The van der Waals surface area contributed by atoms with Crippen molar-refractivity contribution in [3.05, 3.63) is 79.3 Å². The molecule has 132 valence electrons. The number of pyridine rings is 2. The van der Waals surface area contributed by atoms with E-state index in [9.17, 15) is 0 Å². The summed E-state index contributed by atoms with van der Waals surface area (Å²) in [6, 6.07) is 19.6. The van der Waals surface area contributed by atoms with Gasteiger partial charge in [0.05, 0.1) is 13.3 Å². The van der Waals surface area contributed by atoms with Crippen LogP contribution in [0.4, 0.5) is 11.6 Å². The standard InChI is InChI=1S/C21H17N5O/c1-27-18-14-24-20(17-9-5-6-12-22-17)26-21(18)25-19-11-10-16(13-23-19)15-7-3-2-4-8-15/h2-14H,1H3,(H,23,24,25,26). The quantitative estimate of drug-likeness (QED) is 0.574. The van der Waals surface area contributed by atoms with E-state index in [1.165, 1.54) is 0 Å². The Morgan fingerprint density at radius 3 is 2.33 bits per heavy atom. The third-order valence-electron chi connectivity index (χ3n) is 3.99. The fraction of sp³-hybridized carbons (Fsp3) is 0.0476. The molecular formula is C21H17N5O. The van der Waals surface area contributed by atoms with E-state index in [1.54, 1.807) is 19.5 Å². The van der Waals surface area contributed by atoms with Crippen LogP contribution >= 0.6 is 0 Å². The van der Waals surface area contributed by atoms with E-state index in [0.717, 1.165) is 11.1 Å². The summed E-state index contributed by atoms with van der Waals surface area (Å²) in [5, 5.41) is 3.20. The lowest BCUT2D eigenvalue weighted by Crippen LogP contribution is -2.02. The van der Waals surface area contributed by atoms with Crippen LogP contribution in [0.3, 0.4) is 0 Å². The van der Waals surface area contributed by atoms with E-state index in [-0.39, 0.29) is 0 Å². The molecule has 6 heteroatoms. The van der Waals surface area contributed by atoms with E-state index in [2.05, 4.69) is 37.4 Å². The molecule has 0 amide bonds. The van der Waals surface area contributed by atoms with Gasteiger partial charge in [0.15, 0.2) is 17.4 Å². The summed E-state index contributed by atoms with van der Waals surface area (Å²) in [6.07, 6.45) is 5.16. The van der Waals surface area contributed by atoms with Gasteiger partial charge in [-0.25, -0.2) is 15.0 Å². The van der Waals surface area contributed by atoms with Gasteiger partial charge in [-0.15, -0.1) is 0 Å². The zero-order valence-corrected chi connectivity index (χ0v) is 14.7. The third-order valence-corrected chi connectivity index (χ3v) is 3.99. The summed E-state index contributed by atoms with van der Waals surface area (Å²) in [5.74, 6) is 2.25. The SMILES string of the molecule is COc1cnc(-c2ccccn2)nc1Nc1ccc(-c2ccccc2)cn1. The number of anilines is 2. The van der Waals surface area contributed by atoms with Crippen LogP contribution < -0.4 is 10.1 Å². The van der Waals surface area contributed by atoms with E-state index in [4.69, 9.17) is 4.74 Å². The van der Waals surface area contributed by atoms with Crippen molar-refractivity contribution in [2.24, 2.45) is 0 Å². The summed E-state index contributed by atoms with van der Waals surface area (Å²) >= 11 is 0. The van der Waals surface area contributed by atoms with Crippen LogP contribution in [0.15, 0.2) is 79.3 Å². The summed E-state index contributed by atoms with van der Waals surface area (Å²) in [6.45, 7) is 0. The number of nitrogens with zero attached hydrogens (tertiary/aromatic N) is 4. The van der Waals surface area contributed by atoms with E-state index >= 15 is 0 Å². The van der Waals surface area contributed by atoms with Crippen molar-refractivity contribution in [3.8, 4) is 28.4 Å². The maximum atomic E-state index is 5.37. The molecule has 1 N–H and O–H groups in total. The van der Waals surface area contributed by atoms with Crippen LogP contribution in [-0.4, -0.2) is 27.0 Å². The van der Waals surface area contributed by atoms with Gasteiger partial charge in [0.25, 0.3) is 0 Å². The van der Waals surface area contributed by atoms with Crippen LogP contribution in [0.2, 0.25) is 0 Å². The van der Waals surface area contributed by atoms with Crippen molar-refractivity contribution in [2.45, 2.75) is 0 Å². The number of ether oxygens (including phenoxy) is 1. The monoisotopic (exact) mass is 355 g/mol. The zero-order chi connectivity index (χ0) is 18.5. The molecule has 0 saturated heterocycles. The molecule has 0 atom stereocenters. The molecule has 3 heterocycles. The molecule has 0 unspecified atom stereocenters. The number of hydrogen-bond donors (Lipinski definition) is 1. The normalized spacial score (nSPS) is 10.4. The lowest BCUT2D eigenvalue weighted by Gasteiger charge is -2.11. The van der Waals surface area contributed by atoms with E-state index in [0.29, 0.717) is 28.9 Å². The molecule has 0 aliphatic rings. The Kier molecular flexibility index (Phi) is 4.70. The van der Waals surface area contributed by atoms with Gasteiger partial charge in [-0.05, 0) is 29.8 Å². The highest BCUT2D eigenvalue weighted by atomic mass is 16.5. The first-order valence-electron chi connectivity index (χ1n) is 8.44. The molecule has 0 aliphatic heterocycles. The predicted octanol–water partition coefficient (Wildman–Crippen LogP) is 4.35. The molecule has 4 aromatic rings. The minimum atomic E-state index is 0.514. The fourth-order valence-corrected chi connectivity index (χ4v) is 2.62. The molecular weight excluding hydrogens is 338 g/mol. The largest absolute Gasteiger partial charge is 0.491 e. The molecule has 4 rings (SSSR count). The highest BCUT2D eigenvalue weighted by Crippen LogP contribution is 2.27. The van der Waals surface area contributed by atoms with E-state index < -0.39 is 0 Å². The second kappa shape index (κ2) is 7.61. The molecule has 27 heavy (non-hydrogen) atoms. The molecule has 0 aliphatic carbocycles.